The molecule has 0 N–H and O–H groups in total. The van der Waals surface area contributed by atoms with E-state index in [0.717, 1.165) is 13.0 Å². The van der Waals surface area contributed by atoms with E-state index < -0.39 is 8.32 Å². The van der Waals surface area contributed by atoms with Gasteiger partial charge in [-0.3, -0.25) is 4.90 Å². The lowest BCUT2D eigenvalue weighted by Gasteiger charge is -2.38. The van der Waals surface area contributed by atoms with Crippen LogP contribution in [0.25, 0.3) is 0 Å². The Labute approximate surface area is 140 Å². The molecule has 0 amide bonds. The largest absolute Gasteiger partial charge is 0.492 e. The van der Waals surface area contributed by atoms with Crippen LogP contribution in [0.4, 0.5) is 4.39 Å². The number of likely N-dealkylation sites (N-methyl/N-ethyl adjacent to an activating group) is 1. The first-order chi connectivity index (χ1) is 10.6. The maximum atomic E-state index is 12.9. The van der Waals surface area contributed by atoms with Crippen molar-refractivity contribution in [3.63, 3.8) is 0 Å². The topological polar surface area (TPSA) is 21.7 Å². The van der Waals surface area contributed by atoms with E-state index in [2.05, 4.69) is 45.8 Å². The van der Waals surface area contributed by atoms with Crippen molar-refractivity contribution in [3.05, 3.63) is 30.1 Å². The van der Waals surface area contributed by atoms with Crippen molar-refractivity contribution in [1.82, 2.24) is 4.90 Å². The van der Waals surface area contributed by atoms with Gasteiger partial charge in [0.1, 0.15) is 18.2 Å². The minimum absolute atomic E-state index is 0.230. The summed E-state index contributed by atoms with van der Waals surface area (Å²) < 4.78 is 25.3. The third-order valence-electron chi connectivity index (χ3n) is 5.17. The number of rotatable bonds is 5. The standard InChI is InChI=1S/C18H30FNO2Si/c1-18(2,3)23(5,6)22-17-11-15(20(4)12-17)13-21-16-9-7-14(19)8-10-16/h7-10,15,17H,11-13H2,1-6H3/t15-,17+/m1/s1. The Morgan fingerprint density at radius 1 is 1.22 bits per heavy atom. The highest BCUT2D eigenvalue weighted by molar-refractivity contribution is 6.74. The lowest BCUT2D eigenvalue weighted by Crippen LogP contribution is -2.44. The van der Waals surface area contributed by atoms with Crippen LogP contribution in [-0.2, 0) is 4.43 Å². The van der Waals surface area contributed by atoms with Gasteiger partial charge in [-0.1, -0.05) is 20.8 Å². The number of likely N-dealkylation sites (tertiary alicyclic amines) is 1. The van der Waals surface area contributed by atoms with E-state index >= 15 is 0 Å². The number of halogens is 1. The smallest absolute Gasteiger partial charge is 0.192 e. The zero-order chi connectivity index (χ0) is 17.3. The molecule has 1 fully saturated rings. The Hall–Kier alpha value is -0.913. The van der Waals surface area contributed by atoms with Crippen LogP contribution in [0.15, 0.2) is 24.3 Å². The molecule has 1 heterocycles. The van der Waals surface area contributed by atoms with Gasteiger partial charge in [0.05, 0.1) is 6.10 Å². The number of nitrogens with zero attached hydrogens (tertiary/aromatic N) is 1. The molecular weight excluding hydrogens is 309 g/mol. The van der Waals surface area contributed by atoms with Gasteiger partial charge in [0.25, 0.3) is 0 Å². The predicted molar refractivity (Wildman–Crippen MR) is 95.0 cm³/mol. The Kier molecular flexibility index (Phi) is 5.54. The molecule has 0 saturated carbocycles. The van der Waals surface area contributed by atoms with Gasteiger partial charge in [0, 0.05) is 12.6 Å². The third-order valence-corrected chi connectivity index (χ3v) is 9.71. The van der Waals surface area contributed by atoms with Crippen molar-refractivity contribution >= 4 is 8.32 Å². The molecule has 23 heavy (non-hydrogen) atoms. The number of hydrogen-bond acceptors (Lipinski definition) is 3. The van der Waals surface area contributed by atoms with Crippen molar-refractivity contribution in [2.75, 3.05) is 20.2 Å². The molecule has 130 valence electrons. The van der Waals surface area contributed by atoms with Crippen LogP contribution >= 0.6 is 0 Å². The highest BCUT2D eigenvalue weighted by Crippen LogP contribution is 2.38. The molecule has 2 atom stereocenters. The van der Waals surface area contributed by atoms with Crippen LogP contribution in [0.2, 0.25) is 18.1 Å². The van der Waals surface area contributed by atoms with Crippen molar-refractivity contribution in [2.45, 2.75) is 57.5 Å². The van der Waals surface area contributed by atoms with Crippen LogP contribution in [0.1, 0.15) is 27.2 Å². The molecule has 5 heteroatoms. The molecule has 0 aromatic heterocycles. The number of ether oxygens (including phenoxy) is 1. The molecule has 0 radical (unpaired) electrons. The summed E-state index contributed by atoms with van der Waals surface area (Å²) in [5.41, 5.74) is 0. The van der Waals surface area contributed by atoms with Crippen molar-refractivity contribution in [2.24, 2.45) is 0 Å². The second kappa shape index (κ2) is 6.91. The predicted octanol–water partition coefficient (Wildman–Crippen LogP) is 4.30. The first-order valence-corrected chi connectivity index (χ1v) is 11.3. The zero-order valence-electron chi connectivity index (χ0n) is 15.2. The van der Waals surface area contributed by atoms with E-state index in [1.165, 1.54) is 12.1 Å². The highest BCUT2D eigenvalue weighted by atomic mass is 28.4. The number of hydrogen-bond donors (Lipinski definition) is 0. The average molecular weight is 340 g/mol. The van der Waals surface area contributed by atoms with Gasteiger partial charge in [0.2, 0.25) is 0 Å². The first-order valence-electron chi connectivity index (χ1n) is 8.35. The van der Waals surface area contributed by atoms with Gasteiger partial charge >= 0.3 is 0 Å². The molecule has 1 aromatic carbocycles. The molecule has 0 spiro atoms. The summed E-state index contributed by atoms with van der Waals surface area (Å²) in [4.78, 5) is 2.31. The zero-order valence-corrected chi connectivity index (χ0v) is 16.2. The summed E-state index contributed by atoms with van der Waals surface area (Å²) in [7, 11) is 0.387. The second-order valence-corrected chi connectivity index (χ2v) is 12.9. The Morgan fingerprint density at radius 2 is 1.83 bits per heavy atom. The van der Waals surface area contributed by atoms with Gasteiger partial charge in [-0.15, -0.1) is 0 Å². The van der Waals surface area contributed by atoms with E-state index in [1.807, 2.05) is 0 Å². The van der Waals surface area contributed by atoms with Crippen molar-refractivity contribution in [1.29, 1.82) is 0 Å². The van der Waals surface area contributed by atoms with Crippen LogP contribution < -0.4 is 4.74 Å². The first kappa shape index (κ1) is 18.4. The fraction of sp³-hybridized carbons (Fsp3) is 0.667. The lowest BCUT2D eigenvalue weighted by molar-refractivity contribution is 0.187. The van der Waals surface area contributed by atoms with E-state index in [-0.39, 0.29) is 17.0 Å². The van der Waals surface area contributed by atoms with Gasteiger partial charge in [-0.2, -0.15) is 0 Å². The van der Waals surface area contributed by atoms with E-state index in [9.17, 15) is 4.39 Å². The highest BCUT2D eigenvalue weighted by Gasteiger charge is 2.41. The van der Waals surface area contributed by atoms with E-state index in [4.69, 9.17) is 9.16 Å². The van der Waals surface area contributed by atoms with Gasteiger partial charge in [-0.05, 0) is 55.9 Å². The average Bonchev–Trinajstić information content (AvgIpc) is 2.76. The summed E-state index contributed by atoms with van der Waals surface area (Å²) in [5, 5.41) is 0.230. The summed E-state index contributed by atoms with van der Waals surface area (Å²) >= 11 is 0. The number of benzene rings is 1. The summed E-state index contributed by atoms with van der Waals surface area (Å²) in [6, 6.07) is 6.55. The van der Waals surface area contributed by atoms with Gasteiger partial charge in [0.15, 0.2) is 8.32 Å². The summed E-state index contributed by atoms with van der Waals surface area (Å²) in [6.45, 7) is 13.0. The maximum absolute atomic E-state index is 12.9. The molecule has 2 rings (SSSR count). The molecule has 1 aliphatic rings. The fourth-order valence-electron chi connectivity index (χ4n) is 2.63. The molecule has 3 nitrogen and oxygen atoms in total. The Bertz CT molecular complexity index is 513. The van der Waals surface area contributed by atoms with Crippen LogP contribution in [-0.4, -0.2) is 45.6 Å². The monoisotopic (exact) mass is 339 g/mol. The lowest BCUT2D eigenvalue weighted by atomic mass is 10.2. The van der Waals surface area contributed by atoms with E-state index in [1.54, 1.807) is 12.1 Å². The van der Waals surface area contributed by atoms with Crippen molar-refractivity contribution < 1.29 is 13.6 Å². The van der Waals surface area contributed by atoms with Gasteiger partial charge in [-0.25, -0.2) is 4.39 Å². The Balaban J connectivity index is 1.87. The quantitative estimate of drug-likeness (QED) is 0.747. The molecule has 1 saturated heterocycles. The molecular formula is C18H30FNO2Si. The summed E-state index contributed by atoms with van der Waals surface area (Å²) in [5.74, 6) is 0.478. The minimum Gasteiger partial charge on any atom is -0.492 e. The Morgan fingerprint density at radius 3 is 2.39 bits per heavy atom. The third kappa shape index (κ3) is 4.78. The normalized spacial score (nSPS) is 23.3. The van der Waals surface area contributed by atoms with Crippen LogP contribution in [0.5, 0.6) is 5.75 Å². The van der Waals surface area contributed by atoms with Crippen molar-refractivity contribution in [3.8, 4) is 5.75 Å². The minimum atomic E-state index is -1.73. The fourth-order valence-corrected chi connectivity index (χ4v) is 3.98. The molecule has 1 aliphatic heterocycles. The van der Waals surface area contributed by atoms with Gasteiger partial charge < -0.3 is 9.16 Å². The molecule has 0 unspecified atom stereocenters. The summed E-state index contributed by atoms with van der Waals surface area (Å²) in [6.07, 6.45) is 1.27. The SMILES string of the molecule is CN1C[C@@H](O[Si](C)(C)C(C)(C)C)C[C@@H]1COc1ccc(F)cc1. The van der Waals surface area contributed by atoms with Crippen LogP contribution in [0.3, 0.4) is 0 Å². The maximum Gasteiger partial charge on any atom is 0.192 e. The molecule has 0 aliphatic carbocycles. The molecule has 1 aromatic rings. The molecule has 0 bridgehead atoms. The van der Waals surface area contributed by atoms with E-state index in [0.29, 0.717) is 18.4 Å². The second-order valence-electron chi connectivity index (χ2n) is 8.09. The van der Waals surface area contributed by atoms with Crippen LogP contribution in [0, 0.1) is 5.82 Å².